The number of aromatic nitrogens is 1. The summed E-state index contributed by atoms with van der Waals surface area (Å²) in [6.45, 7) is 1.49. The first kappa shape index (κ1) is 22.7. The molecule has 4 rings (SSSR count). The molecule has 1 aliphatic rings. The van der Waals surface area contributed by atoms with Gasteiger partial charge in [-0.05, 0) is 54.3 Å². The molecule has 2 heterocycles. The molecule has 33 heavy (non-hydrogen) atoms. The molecular weight excluding hydrogens is 423 g/mol. The fraction of sp³-hybridized carbons (Fsp3) is 0.400. The molecule has 2 N–H and O–H groups in total. The summed E-state index contributed by atoms with van der Waals surface area (Å²) in [6.07, 6.45) is 4.06. The first-order valence-corrected chi connectivity index (χ1v) is 11.3. The lowest BCUT2D eigenvalue weighted by Gasteiger charge is -2.21. The second kappa shape index (κ2) is 10.0. The van der Waals surface area contributed by atoms with Gasteiger partial charge in [0.05, 0.1) is 17.5 Å². The lowest BCUT2D eigenvalue weighted by molar-refractivity contribution is -0.125. The number of nitrogens with zero attached hydrogens (tertiary/aromatic N) is 2. The Labute approximate surface area is 191 Å². The zero-order valence-electron chi connectivity index (χ0n) is 18.6. The molecule has 1 fully saturated rings. The Hall–Kier alpha value is -3.44. The Morgan fingerprint density at radius 1 is 1.27 bits per heavy atom. The molecule has 7 nitrogen and oxygen atoms in total. The van der Waals surface area contributed by atoms with E-state index in [0.29, 0.717) is 28.8 Å². The highest BCUT2D eigenvalue weighted by molar-refractivity contribution is 5.81. The summed E-state index contributed by atoms with van der Waals surface area (Å²) < 4.78 is 21.5. The number of halogens is 1. The van der Waals surface area contributed by atoms with Crippen molar-refractivity contribution in [2.45, 2.75) is 38.1 Å². The zero-order chi connectivity index (χ0) is 23.4. The summed E-state index contributed by atoms with van der Waals surface area (Å²) in [5.41, 5.74) is 2.84. The predicted molar refractivity (Wildman–Crippen MR) is 123 cm³/mol. The number of nitrogens with one attached hydrogen (secondary N) is 2. The molecule has 0 saturated carbocycles. The van der Waals surface area contributed by atoms with Crippen LogP contribution in [0.3, 0.4) is 0 Å². The first-order chi connectivity index (χ1) is 16.0. The molecule has 1 amide bonds. The molecular formula is C25H27FN4O3. The highest BCUT2D eigenvalue weighted by Crippen LogP contribution is 2.26. The van der Waals surface area contributed by atoms with E-state index in [4.69, 9.17) is 4.42 Å². The Morgan fingerprint density at radius 3 is 2.85 bits per heavy atom. The first-order valence-electron chi connectivity index (χ1n) is 11.3. The quantitative estimate of drug-likeness (QED) is 0.622. The molecule has 1 saturated heterocycles. The zero-order valence-corrected chi connectivity index (χ0v) is 18.6. The summed E-state index contributed by atoms with van der Waals surface area (Å²) in [7, 11) is 1.62. The maximum absolute atomic E-state index is 14.9. The molecule has 0 aliphatic carbocycles. The molecule has 0 spiro atoms. The van der Waals surface area contributed by atoms with Crippen LogP contribution in [0.2, 0.25) is 0 Å². The van der Waals surface area contributed by atoms with Crippen LogP contribution in [-0.2, 0) is 18.3 Å². The second-order valence-corrected chi connectivity index (χ2v) is 8.56. The monoisotopic (exact) mass is 450 g/mol. The van der Waals surface area contributed by atoms with Crippen LogP contribution < -0.4 is 16.4 Å². The second-order valence-electron chi connectivity index (χ2n) is 8.56. The number of fused-ring (bicyclic) bond motifs is 1. The van der Waals surface area contributed by atoms with E-state index in [-0.39, 0.29) is 18.2 Å². The van der Waals surface area contributed by atoms with Gasteiger partial charge in [0.2, 0.25) is 5.91 Å². The standard InChI is InChI=1S/C25H27FN4O3/c1-30-22-13-17(8-9-23(22)33-25(30)32)16-6-7-18(21(26)12-16)11-20(14-27)29-24(31)19-5-3-2-4-10-28-15-19/h6-9,12-13,19-20,28H,2-5,10-11,15H2,1H3,(H,29,31)/t19-,20+/m1/s1. The molecule has 2 aromatic carbocycles. The van der Waals surface area contributed by atoms with Crippen molar-refractivity contribution in [1.29, 1.82) is 5.26 Å². The Bertz CT molecular complexity index is 1250. The number of hydrogen-bond donors (Lipinski definition) is 2. The smallest absolute Gasteiger partial charge is 0.408 e. The third-order valence-electron chi connectivity index (χ3n) is 6.24. The highest BCUT2D eigenvalue weighted by Gasteiger charge is 2.23. The van der Waals surface area contributed by atoms with E-state index in [1.54, 1.807) is 37.4 Å². The van der Waals surface area contributed by atoms with Crippen molar-refractivity contribution in [3.63, 3.8) is 0 Å². The van der Waals surface area contributed by atoms with E-state index >= 15 is 0 Å². The van der Waals surface area contributed by atoms with Gasteiger partial charge >= 0.3 is 5.76 Å². The van der Waals surface area contributed by atoms with Crippen molar-refractivity contribution in [1.82, 2.24) is 15.2 Å². The molecule has 3 aromatic rings. The molecule has 8 heteroatoms. The number of hydrogen-bond acceptors (Lipinski definition) is 5. The predicted octanol–water partition coefficient (Wildman–Crippen LogP) is 3.27. The van der Waals surface area contributed by atoms with Gasteiger partial charge < -0.3 is 15.1 Å². The Kier molecular flexibility index (Phi) is 6.90. The van der Waals surface area contributed by atoms with Gasteiger partial charge in [-0.2, -0.15) is 5.26 Å². The maximum atomic E-state index is 14.9. The average Bonchev–Trinajstić information content (AvgIpc) is 3.07. The largest absolute Gasteiger partial charge is 0.419 e. The van der Waals surface area contributed by atoms with Gasteiger partial charge in [-0.25, -0.2) is 9.18 Å². The number of nitriles is 1. The van der Waals surface area contributed by atoms with Crippen molar-refractivity contribution in [3.8, 4) is 17.2 Å². The van der Waals surface area contributed by atoms with Crippen LogP contribution >= 0.6 is 0 Å². The third kappa shape index (κ3) is 5.15. The lowest BCUT2D eigenvalue weighted by atomic mass is 9.97. The summed E-state index contributed by atoms with van der Waals surface area (Å²) in [4.78, 5) is 24.4. The highest BCUT2D eigenvalue weighted by atomic mass is 19.1. The number of carbonyl (C=O) groups is 1. The van der Waals surface area contributed by atoms with Crippen LogP contribution in [0.4, 0.5) is 4.39 Å². The molecule has 2 atom stereocenters. The van der Waals surface area contributed by atoms with Gasteiger partial charge in [0, 0.05) is 20.0 Å². The molecule has 0 radical (unpaired) electrons. The van der Waals surface area contributed by atoms with Crippen LogP contribution in [0, 0.1) is 23.1 Å². The molecule has 1 aliphatic heterocycles. The SMILES string of the molecule is Cn1c(=O)oc2ccc(-c3ccc(C[C@@H](C#N)NC(=O)[C@@H]4CCCCCNC4)c(F)c3)cc21. The molecule has 172 valence electrons. The minimum Gasteiger partial charge on any atom is -0.408 e. The number of oxazole rings is 1. The fourth-order valence-electron chi connectivity index (χ4n) is 4.26. The van der Waals surface area contributed by atoms with Crippen LogP contribution in [0.25, 0.3) is 22.2 Å². The van der Waals surface area contributed by atoms with E-state index in [1.807, 2.05) is 0 Å². The van der Waals surface area contributed by atoms with E-state index in [0.717, 1.165) is 37.8 Å². The molecule has 0 unspecified atom stereocenters. The van der Waals surface area contributed by atoms with E-state index < -0.39 is 17.6 Å². The van der Waals surface area contributed by atoms with Gasteiger partial charge in [0.1, 0.15) is 11.9 Å². The van der Waals surface area contributed by atoms with Crippen LogP contribution in [0.1, 0.15) is 31.2 Å². The minimum atomic E-state index is -0.805. The van der Waals surface area contributed by atoms with E-state index in [2.05, 4.69) is 16.7 Å². The summed E-state index contributed by atoms with van der Waals surface area (Å²) >= 11 is 0. The number of amides is 1. The van der Waals surface area contributed by atoms with Gasteiger partial charge in [0.25, 0.3) is 0 Å². The van der Waals surface area contributed by atoms with Crippen LogP contribution in [0.5, 0.6) is 0 Å². The van der Waals surface area contributed by atoms with Crippen molar-refractivity contribution in [2.24, 2.45) is 13.0 Å². The average molecular weight is 451 g/mol. The number of benzene rings is 2. The Balaban J connectivity index is 1.47. The number of carbonyl (C=O) groups excluding carboxylic acids is 1. The summed E-state index contributed by atoms with van der Waals surface area (Å²) in [5.74, 6) is -1.24. The van der Waals surface area contributed by atoms with Gasteiger partial charge in [0.15, 0.2) is 5.58 Å². The van der Waals surface area contributed by atoms with Gasteiger partial charge in [-0.15, -0.1) is 0 Å². The minimum absolute atomic E-state index is 0.0871. The summed E-state index contributed by atoms with van der Waals surface area (Å²) in [5, 5.41) is 15.6. The van der Waals surface area contributed by atoms with E-state index in [9.17, 15) is 19.2 Å². The number of rotatable bonds is 5. The molecule has 1 aromatic heterocycles. The maximum Gasteiger partial charge on any atom is 0.419 e. The fourth-order valence-corrected chi connectivity index (χ4v) is 4.26. The summed E-state index contributed by atoms with van der Waals surface area (Å²) in [6, 6.07) is 11.3. The Morgan fingerprint density at radius 2 is 2.06 bits per heavy atom. The third-order valence-corrected chi connectivity index (χ3v) is 6.24. The lowest BCUT2D eigenvalue weighted by Crippen LogP contribution is -2.43. The molecule has 0 bridgehead atoms. The normalized spacial score (nSPS) is 17.7. The van der Waals surface area contributed by atoms with Crippen molar-refractivity contribution >= 4 is 17.0 Å². The van der Waals surface area contributed by atoms with E-state index in [1.165, 1.54) is 10.6 Å². The van der Waals surface area contributed by atoms with Gasteiger partial charge in [-0.1, -0.05) is 31.0 Å². The van der Waals surface area contributed by atoms with Gasteiger partial charge in [-0.3, -0.25) is 9.36 Å². The topological polar surface area (TPSA) is 100 Å². The van der Waals surface area contributed by atoms with Crippen molar-refractivity contribution < 1.29 is 13.6 Å². The van der Waals surface area contributed by atoms with Crippen LogP contribution in [0.15, 0.2) is 45.6 Å². The van der Waals surface area contributed by atoms with Crippen LogP contribution in [-0.4, -0.2) is 29.6 Å². The number of aryl methyl sites for hydroxylation is 1. The van der Waals surface area contributed by atoms with Crippen molar-refractivity contribution in [3.05, 3.63) is 58.3 Å². The van der Waals surface area contributed by atoms with Crippen molar-refractivity contribution in [2.75, 3.05) is 13.1 Å².